The number of nitrogens with one attached hydrogen (secondary N) is 2. The van der Waals surface area contributed by atoms with Crippen LogP contribution in [0.25, 0.3) is 10.9 Å². The van der Waals surface area contributed by atoms with Gasteiger partial charge in [0.05, 0.1) is 11.1 Å². The number of pyridine rings is 1. The Morgan fingerprint density at radius 3 is 2.27 bits per heavy atom. The Morgan fingerprint density at radius 1 is 1.06 bits per heavy atom. The van der Waals surface area contributed by atoms with E-state index in [9.17, 15) is 14.0 Å². The molecule has 4 N–H and O–H groups in total. The van der Waals surface area contributed by atoms with Gasteiger partial charge in [0.15, 0.2) is 0 Å². The Bertz CT molecular complexity index is 991. The summed E-state index contributed by atoms with van der Waals surface area (Å²) in [5.74, 6) is -0.702. The summed E-state index contributed by atoms with van der Waals surface area (Å²) >= 11 is 0. The van der Waals surface area contributed by atoms with Gasteiger partial charge in [-0.05, 0) is 57.0 Å². The molecule has 0 bridgehead atoms. The Morgan fingerprint density at radius 2 is 1.67 bits per heavy atom. The second-order valence-electron chi connectivity index (χ2n) is 8.11. The summed E-state index contributed by atoms with van der Waals surface area (Å²) in [6, 6.07) is 5.41. The van der Waals surface area contributed by atoms with Crippen LogP contribution in [0.15, 0.2) is 29.1 Å². The van der Waals surface area contributed by atoms with Crippen LogP contribution in [0.3, 0.4) is 0 Å². The number of aromatic nitrogens is 1. The number of benzene rings is 1. The lowest BCUT2D eigenvalue weighted by molar-refractivity contribution is -0.123. The fourth-order valence-corrected chi connectivity index (χ4v) is 4.77. The predicted octanol–water partition coefficient (Wildman–Crippen LogP) is 2.60. The average Bonchev–Trinajstić information content (AvgIpc) is 3.28. The number of likely N-dealkylation sites (tertiary alicyclic amines) is 1. The first-order chi connectivity index (χ1) is 15.9. The number of nitrogens with zero attached hydrogens (tertiary/aromatic N) is 1. The molecule has 0 unspecified atom stereocenters. The summed E-state index contributed by atoms with van der Waals surface area (Å²) in [4.78, 5) is 46.7. The zero-order valence-electron chi connectivity index (χ0n) is 18.4. The topological polar surface area (TPSA) is 140 Å². The highest BCUT2D eigenvalue weighted by Gasteiger charge is 2.40. The molecule has 1 aliphatic heterocycles. The quantitative estimate of drug-likeness (QED) is 0.511. The maximum absolute atomic E-state index is 13.5. The normalized spacial score (nSPS) is 17.1. The molecule has 2 fully saturated rings. The molecule has 9 nitrogen and oxygen atoms in total. The van der Waals surface area contributed by atoms with Crippen LogP contribution in [0, 0.1) is 5.82 Å². The lowest BCUT2D eigenvalue weighted by Gasteiger charge is -2.43. The van der Waals surface area contributed by atoms with E-state index in [4.69, 9.17) is 19.8 Å². The van der Waals surface area contributed by atoms with E-state index in [0.717, 1.165) is 25.9 Å². The zero-order valence-corrected chi connectivity index (χ0v) is 18.4. The Hall–Kier alpha value is -3.27. The molecule has 1 aromatic carbocycles. The highest BCUT2D eigenvalue weighted by atomic mass is 19.1. The van der Waals surface area contributed by atoms with Crippen molar-refractivity contribution in [3.63, 3.8) is 0 Å². The Kier molecular flexibility index (Phi) is 9.99. The number of rotatable bonds is 4. The molecule has 10 heteroatoms. The SMILES string of the molecule is O=C(NCC1(N2CCCCC2)CCCC1)c1cc(=O)[nH]c2cc(F)ccc12.O=CO.O=CO. The van der Waals surface area contributed by atoms with Crippen molar-refractivity contribution in [2.45, 2.75) is 50.5 Å². The van der Waals surface area contributed by atoms with Crippen molar-refractivity contribution < 1.29 is 29.0 Å². The number of carboxylic acid groups (broad SMARTS) is 2. The second-order valence-corrected chi connectivity index (χ2v) is 8.11. The molecule has 2 aromatic rings. The van der Waals surface area contributed by atoms with E-state index >= 15 is 0 Å². The number of aromatic amines is 1. The molecule has 0 spiro atoms. The van der Waals surface area contributed by atoms with Gasteiger partial charge in [-0.2, -0.15) is 0 Å². The maximum atomic E-state index is 13.5. The third kappa shape index (κ3) is 6.85. The van der Waals surface area contributed by atoms with E-state index in [1.165, 1.54) is 50.3 Å². The summed E-state index contributed by atoms with van der Waals surface area (Å²) in [5.41, 5.74) is 0.295. The highest BCUT2D eigenvalue weighted by Crippen LogP contribution is 2.36. The Labute approximate surface area is 190 Å². The molecular formula is C23H30FN3O6. The van der Waals surface area contributed by atoms with Crippen LogP contribution in [0.1, 0.15) is 55.3 Å². The monoisotopic (exact) mass is 463 g/mol. The number of halogens is 1. The molecular weight excluding hydrogens is 433 g/mol. The molecule has 1 saturated carbocycles. The number of piperidine rings is 1. The molecule has 180 valence electrons. The summed E-state index contributed by atoms with van der Waals surface area (Å²) < 4.78 is 13.5. The van der Waals surface area contributed by atoms with E-state index in [1.807, 2.05) is 0 Å². The minimum Gasteiger partial charge on any atom is -0.483 e. The van der Waals surface area contributed by atoms with Crippen molar-refractivity contribution in [2.24, 2.45) is 0 Å². The molecule has 1 amide bonds. The zero-order chi connectivity index (χ0) is 24.3. The van der Waals surface area contributed by atoms with Gasteiger partial charge in [-0.1, -0.05) is 19.3 Å². The predicted molar refractivity (Wildman–Crippen MR) is 121 cm³/mol. The molecule has 1 aliphatic carbocycles. The minimum absolute atomic E-state index is 0.0409. The van der Waals surface area contributed by atoms with Gasteiger partial charge < -0.3 is 20.5 Å². The molecule has 1 aromatic heterocycles. The first kappa shape index (κ1) is 26.0. The van der Waals surface area contributed by atoms with Gasteiger partial charge in [0.2, 0.25) is 5.56 Å². The molecule has 33 heavy (non-hydrogen) atoms. The first-order valence-electron chi connectivity index (χ1n) is 10.9. The van der Waals surface area contributed by atoms with Gasteiger partial charge in [0, 0.05) is 23.5 Å². The van der Waals surface area contributed by atoms with Crippen LogP contribution in [0.2, 0.25) is 0 Å². The van der Waals surface area contributed by atoms with E-state index < -0.39 is 11.4 Å². The number of hydrogen-bond donors (Lipinski definition) is 4. The van der Waals surface area contributed by atoms with Crippen molar-refractivity contribution in [1.29, 1.82) is 0 Å². The van der Waals surface area contributed by atoms with Gasteiger partial charge >= 0.3 is 0 Å². The summed E-state index contributed by atoms with van der Waals surface area (Å²) in [6.07, 6.45) is 8.33. The second kappa shape index (κ2) is 12.7. The Balaban J connectivity index is 0.000000582. The van der Waals surface area contributed by atoms with Gasteiger partial charge in [-0.25, -0.2) is 4.39 Å². The largest absolute Gasteiger partial charge is 0.483 e. The molecule has 4 rings (SSSR count). The number of amides is 1. The van der Waals surface area contributed by atoms with E-state index in [1.54, 1.807) is 6.07 Å². The minimum atomic E-state index is -0.439. The number of H-pyrrole nitrogens is 1. The fraction of sp³-hybridized carbons (Fsp3) is 0.478. The lowest BCUT2D eigenvalue weighted by Crippen LogP contribution is -2.55. The van der Waals surface area contributed by atoms with Gasteiger partial charge in [0.1, 0.15) is 5.82 Å². The van der Waals surface area contributed by atoms with Crippen molar-refractivity contribution in [3.05, 3.63) is 46.0 Å². The van der Waals surface area contributed by atoms with E-state index in [0.29, 0.717) is 23.0 Å². The molecule has 0 radical (unpaired) electrons. The fourth-order valence-electron chi connectivity index (χ4n) is 4.77. The van der Waals surface area contributed by atoms with Gasteiger partial charge in [-0.3, -0.25) is 24.1 Å². The van der Waals surface area contributed by atoms with Crippen molar-refractivity contribution in [2.75, 3.05) is 19.6 Å². The van der Waals surface area contributed by atoms with Crippen molar-refractivity contribution >= 4 is 29.8 Å². The first-order valence-corrected chi connectivity index (χ1v) is 10.9. The van der Waals surface area contributed by atoms with E-state index in [-0.39, 0.29) is 24.4 Å². The maximum Gasteiger partial charge on any atom is 0.290 e. The van der Waals surface area contributed by atoms with Crippen LogP contribution in [-0.2, 0) is 9.59 Å². The van der Waals surface area contributed by atoms with Crippen LogP contribution < -0.4 is 10.9 Å². The molecule has 0 atom stereocenters. The third-order valence-corrected chi connectivity index (χ3v) is 6.19. The highest BCUT2D eigenvalue weighted by molar-refractivity contribution is 6.05. The van der Waals surface area contributed by atoms with Crippen LogP contribution in [-0.4, -0.2) is 64.1 Å². The van der Waals surface area contributed by atoms with Crippen molar-refractivity contribution in [1.82, 2.24) is 15.2 Å². The van der Waals surface area contributed by atoms with Crippen LogP contribution in [0.4, 0.5) is 4.39 Å². The standard InChI is InChI=1S/C21H26FN3O2.2CH2O2/c22-15-6-7-16-17(13-19(26)24-18(16)12-15)20(27)23-14-21(8-2-3-9-21)25-10-4-1-5-11-25;2*2-1-3/h6-7,12-13H,1-5,8-11,14H2,(H,23,27)(H,24,26);2*1H,(H,2,3). The lowest BCUT2D eigenvalue weighted by atomic mass is 9.92. The number of carbonyl (C=O) groups is 3. The summed E-state index contributed by atoms with van der Waals surface area (Å²) in [5, 5.41) is 17.4. The van der Waals surface area contributed by atoms with Crippen LogP contribution in [0.5, 0.6) is 0 Å². The van der Waals surface area contributed by atoms with Gasteiger partial charge in [0.25, 0.3) is 18.9 Å². The smallest absolute Gasteiger partial charge is 0.290 e. The van der Waals surface area contributed by atoms with E-state index in [2.05, 4.69) is 15.2 Å². The van der Waals surface area contributed by atoms with Crippen molar-refractivity contribution in [3.8, 4) is 0 Å². The van der Waals surface area contributed by atoms with Gasteiger partial charge in [-0.15, -0.1) is 0 Å². The molecule has 1 saturated heterocycles. The summed E-state index contributed by atoms with van der Waals surface area (Å²) in [7, 11) is 0. The third-order valence-electron chi connectivity index (χ3n) is 6.19. The van der Waals surface area contributed by atoms with Crippen LogP contribution >= 0.6 is 0 Å². The molecule has 2 aliphatic rings. The molecule has 2 heterocycles. The average molecular weight is 464 g/mol. The number of fused-ring (bicyclic) bond motifs is 1. The number of hydrogen-bond acceptors (Lipinski definition) is 5. The number of carbonyl (C=O) groups excluding carboxylic acids is 1. The summed E-state index contributed by atoms with van der Waals surface area (Å²) in [6.45, 7) is 2.30.